The number of hydrogen-bond acceptors (Lipinski definition) is 3. The van der Waals surface area contributed by atoms with E-state index in [0.717, 1.165) is 0 Å². The van der Waals surface area contributed by atoms with E-state index in [2.05, 4.69) is 64.1 Å². The fourth-order valence-corrected chi connectivity index (χ4v) is 3.56. The largest absolute Gasteiger partial charge is 0.304 e. The average Bonchev–Trinajstić information content (AvgIpc) is 2.87. The van der Waals surface area contributed by atoms with E-state index in [0.29, 0.717) is 24.2 Å². The Morgan fingerprint density at radius 1 is 1.22 bits per heavy atom. The van der Waals surface area contributed by atoms with Gasteiger partial charge in [0.25, 0.3) is 0 Å². The molecule has 3 rings (SSSR count). The maximum absolute atomic E-state index is 3.81. The highest BCUT2D eigenvalue weighted by molar-refractivity contribution is 9.10. The lowest BCUT2D eigenvalue weighted by Crippen LogP contribution is -2.44. The molecule has 1 fully saturated rings. The summed E-state index contributed by atoms with van der Waals surface area (Å²) in [7, 11) is 0. The third kappa shape index (κ3) is 2.23. The van der Waals surface area contributed by atoms with Gasteiger partial charge in [-0.05, 0) is 49.9 Å². The minimum Gasteiger partial charge on any atom is -0.304 e. The van der Waals surface area contributed by atoms with Gasteiger partial charge in [0.1, 0.15) is 0 Å². The van der Waals surface area contributed by atoms with E-state index in [1.54, 1.807) is 0 Å². The molecule has 0 aromatic heterocycles. The second kappa shape index (κ2) is 4.93. The van der Waals surface area contributed by atoms with E-state index in [1.807, 2.05) is 0 Å². The van der Waals surface area contributed by atoms with Crippen molar-refractivity contribution in [1.29, 1.82) is 0 Å². The van der Waals surface area contributed by atoms with Crippen LogP contribution in [0.15, 0.2) is 22.7 Å². The molecule has 0 radical (unpaired) electrons. The number of fused-ring (bicyclic) bond motifs is 1. The summed E-state index contributed by atoms with van der Waals surface area (Å²) in [5, 5.41) is 3.81. The van der Waals surface area contributed by atoms with Crippen molar-refractivity contribution in [3.8, 4) is 0 Å². The van der Waals surface area contributed by atoms with Crippen molar-refractivity contribution in [2.24, 2.45) is 0 Å². The normalized spacial score (nSPS) is 34.8. The summed E-state index contributed by atoms with van der Waals surface area (Å²) in [5.41, 5.74) is 9.58. The third-order valence-corrected chi connectivity index (χ3v) is 4.69. The van der Waals surface area contributed by atoms with E-state index >= 15 is 0 Å². The van der Waals surface area contributed by atoms with Gasteiger partial charge in [0.15, 0.2) is 0 Å². The van der Waals surface area contributed by atoms with Gasteiger partial charge >= 0.3 is 0 Å². The van der Waals surface area contributed by atoms with Gasteiger partial charge < -0.3 is 5.32 Å². The molecule has 1 aromatic rings. The second-order valence-electron chi connectivity index (χ2n) is 5.49. The van der Waals surface area contributed by atoms with Crippen LogP contribution in [0, 0.1) is 0 Å². The van der Waals surface area contributed by atoms with E-state index in [1.165, 1.54) is 28.4 Å². The molecular formula is C14H20BrN3. The second-order valence-corrected chi connectivity index (χ2v) is 6.41. The topological polar surface area (TPSA) is 36.1 Å². The minimum atomic E-state index is 0.472. The molecular weight excluding hydrogens is 290 g/mol. The molecule has 1 aliphatic heterocycles. The zero-order valence-corrected chi connectivity index (χ0v) is 12.4. The highest BCUT2D eigenvalue weighted by atomic mass is 79.9. The zero-order chi connectivity index (χ0) is 12.7. The van der Waals surface area contributed by atoms with Gasteiger partial charge in [-0.15, -0.1) is 0 Å². The summed E-state index contributed by atoms with van der Waals surface area (Å²) >= 11 is 3.55. The smallest absolute Gasteiger partial charge is 0.0402 e. The Bertz CT molecular complexity index is 439. The number of nitrogens with one attached hydrogen (secondary N) is 3. The summed E-state index contributed by atoms with van der Waals surface area (Å²) in [6.45, 7) is 4.46. The van der Waals surface area contributed by atoms with Crippen molar-refractivity contribution in [3.63, 3.8) is 0 Å². The van der Waals surface area contributed by atoms with Crippen LogP contribution in [0.1, 0.15) is 37.4 Å². The van der Waals surface area contributed by atoms with E-state index in [9.17, 15) is 0 Å². The number of hydrogen-bond donors (Lipinski definition) is 3. The van der Waals surface area contributed by atoms with Crippen LogP contribution in [0.4, 0.5) is 0 Å². The maximum atomic E-state index is 3.81. The van der Waals surface area contributed by atoms with E-state index in [-0.39, 0.29) is 0 Å². The lowest BCUT2D eigenvalue weighted by molar-refractivity contribution is 0.388. The number of aryl methyl sites for hydroxylation is 1. The van der Waals surface area contributed by atoms with Gasteiger partial charge in [-0.3, -0.25) is 10.9 Å². The molecule has 18 heavy (non-hydrogen) atoms. The molecule has 3 nitrogen and oxygen atoms in total. The number of rotatable bonds is 2. The van der Waals surface area contributed by atoms with Crippen LogP contribution in [-0.4, -0.2) is 18.1 Å². The Balaban J connectivity index is 1.76. The van der Waals surface area contributed by atoms with Crippen LogP contribution in [0.5, 0.6) is 0 Å². The summed E-state index contributed by atoms with van der Waals surface area (Å²) in [6, 6.07) is 8.61. The molecule has 0 spiro atoms. The standard InChI is InChI=1S/C14H20BrN3/c1-8-14(9(2)18-17-8)16-13-6-3-10-7-11(15)4-5-12(10)13/h4-5,7-9,13-14,16-18H,3,6H2,1-2H3. The van der Waals surface area contributed by atoms with Crippen molar-refractivity contribution < 1.29 is 0 Å². The van der Waals surface area contributed by atoms with Crippen LogP contribution < -0.4 is 16.2 Å². The van der Waals surface area contributed by atoms with Crippen LogP contribution in [-0.2, 0) is 6.42 Å². The molecule has 4 heteroatoms. The molecule has 1 aromatic carbocycles. The molecule has 1 aliphatic carbocycles. The predicted octanol–water partition coefficient (Wildman–Crippen LogP) is 2.28. The van der Waals surface area contributed by atoms with Gasteiger partial charge in [0, 0.05) is 28.6 Å². The molecule has 1 heterocycles. The summed E-state index contributed by atoms with van der Waals surface area (Å²) in [6.07, 6.45) is 2.39. The Kier molecular flexibility index (Phi) is 3.45. The molecule has 3 atom stereocenters. The number of halogens is 1. The highest BCUT2D eigenvalue weighted by Crippen LogP contribution is 2.33. The van der Waals surface area contributed by atoms with Crippen molar-refractivity contribution in [1.82, 2.24) is 16.2 Å². The zero-order valence-electron chi connectivity index (χ0n) is 10.8. The van der Waals surface area contributed by atoms with Crippen molar-refractivity contribution >= 4 is 15.9 Å². The van der Waals surface area contributed by atoms with Gasteiger partial charge in [-0.2, -0.15) is 0 Å². The van der Waals surface area contributed by atoms with Gasteiger partial charge in [0.2, 0.25) is 0 Å². The fourth-order valence-electron chi connectivity index (χ4n) is 3.16. The Morgan fingerprint density at radius 3 is 2.67 bits per heavy atom. The molecule has 0 amide bonds. The molecule has 3 unspecified atom stereocenters. The molecule has 2 aliphatic rings. The number of hydrazine groups is 1. The van der Waals surface area contributed by atoms with Crippen LogP contribution in [0.25, 0.3) is 0 Å². The molecule has 0 bridgehead atoms. The summed E-state index contributed by atoms with van der Waals surface area (Å²) < 4.78 is 1.19. The van der Waals surface area contributed by atoms with Gasteiger partial charge in [0.05, 0.1) is 0 Å². The third-order valence-electron chi connectivity index (χ3n) is 4.19. The predicted molar refractivity (Wildman–Crippen MR) is 77.3 cm³/mol. The van der Waals surface area contributed by atoms with Crippen molar-refractivity contribution in [2.45, 2.75) is 50.9 Å². The van der Waals surface area contributed by atoms with Crippen molar-refractivity contribution in [2.75, 3.05) is 0 Å². The SMILES string of the molecule is CC1NNC(C)C1NC1CCc2cc(Br)ccc21. The molecule has 0 saturated carbocycles. The average molecular weight is 310 g/mol. The van der Waals surface area contributed by atoms with Crippen LogP contribution in [0.2, 0.25) is 0 Å². The lowest BCUT2D eigenvalue weighted by Gasteiger charge is -2.25. The lowest BCUT2D eigenvalue weighted by atomic mass is 10.0. The van der Waals surface area contributed by atoms with Crippen LogP contribution >= 0.6 is 15.9 Å². The first kappa shape index (κ1) is 12.6. The quantitative estimate of drug-likeness (QED) is 0.784. The van der Waals surface area contributed by atoms with E-state index in [4.69, 9.17) is 0 Å². The molecule has 3 N–H and O–H groups in total. The summed E-state index contributed by atoms with van der Waals surface area (Å²) in [4.78, 5) is 0. The first-order chi connectivity index (χ1) is 8.65. The highest BCUT2D eigenvalue weighted by Gasteiger charge is 2.33. The monoisotopic (exact) mass is 309 g/mol. The first-order valence-corrected chi connectivity index (χ1v) is 7.50. The molecule has 98 valence electrons. The molecule has 1 saturated heterocycles. The first-order valence-electron chi connectivity index (χ1n) is 6.70. The maximum Gasteiger partial charge on any atom is 0.0402 e. The van der Waals surface area contributed by atoms with Gasteiger partial charge in [-0.25, -0.2) is 0 Å². The van der Waals surface area contributed by atoms with Gasteiger partial charge in [-0.1, -0.05) is 22.0 Å². The summed E-state index contributed by atoms with van der Waals surface area (Å²) in [5.74, 6) is 0. The Hall–Kier alpha value is -0.420. The minimum absolute atomic E-state index is 0.472. The number of benzene rings is 1. The Morgan fingerprint density at radius 2 is 1.94 bits per heavy atom. The van der Waals surface area contributed by atoms with E-state index < -0.39 is 0 Å². The Labute approximate surface area is 117 Å². The van der Waals surface area contributed by atoms with Crippen molar-refractivity contribution in [3.05, 3.63) is 33.8 Å². The van der Waals surface area contributed by atoms with Crippen LogP contribution in [0.3, 0.4) is 0 Å². The fraction of sp³-hybridized carbons (Fsp3) is 0.571.